The van der Waals surface area contributed by atoms with Crippen molar-refractivity contribution in [2.24, 2.45) is 0 Å². The first-order valence-corrected chi connectivity index (χ1v) is 10.6. The first-order valence-electron chi connectivity index (χ1n) is 10.6. The second-order valence-corrected chi connectivity index (χ2v) is 7.85. The van der Waals surface area contributed by atoms with Gasteiger partial charge >= 0.3 is 5.97 Å². The number of ether oxygens (including phenoxy) is 3. The number of hydrogen-bond acceptors (Lipinski definition) is 5. The van der Waals surface area contributed by atoms with Crippen molar-refractivity contribution < 1.29 is 24.1 Å². The number of hydrogen-bond donors (Lipinski definition) is 2. The van der Waals surface area contributed by atoms with Crippen LogP contribution in [0.3, 0.4) is 0 Å². The van der Waals surface area contributed by atoms with Crippen molar-refractivity contribution in [3.8, 4) is 17.2 Å². The second-order valence-electron chi connectivity index (χ2n) is 7.85. The third kappa shape index (κ3) is 4.27. The van der Waals surface area contributed by atoms with E-state index in [1.165, 1.54) is 0 Å². The normalized spacial score (nSPS) is 18.3. The van der Waals surface area contributed by atoms with Crippen LogP contribution in [0.1, 0.15) is 16.7 Å². The van der Waals surface area contributed by atoms with Crippen molar-refractivity contribution in [2.45, 2.75) is 24.5 Å². The maximum atomic E-state index is 12.7. The Kier molecular flexibility index (Phi) is 6.32. The fourth-order valence-electron chi connectivity index (χ4n) is 4.44. The maximum absolute atomic E-state index is 12.7. The molecule has 0 fully saturated rings. The summed E-state index contributed by atoms with van der Waals surface area (Å²) >= 11 is 0. The van der Waals surface area contributed by atoms with E-state index in [1.54, 1.807) is 32.4 Å². The van der Waals surface area contributed by atoms with Gasteiger partial charge in [0.05, 0.1) is 19.8 Å². The quantitative estimate of drug-likeness (QED) is 0.563. The van der Waals surface area contributed by atoms with Gasteiger partial charge in [-0.15, -0.1) is 0 Å². The highest BCUT2D eigenvalue weighted by molar-refractivity contribution is 5.76. The average Bonchev–Trinajstić information content (AvgIpc) is 2.83. The minimum atomic E-state index is -1.19. The highest BCUT2D eigenvalue weighted by Gasteiger charge is 2.49. The van der Waals surface area contributed by atoms with Crippen LogP contribution in [-0.2, 0) is 23.2 Å². The van der Waals surface area contributed by atoms with Crippen LogP contribution >= 0.6 is 0 Å². The molecule has 166 valence electrons. The van der Waals surface area contributed by atoms with Crippen molar-refractivity contribution in [2.75, 3.05) is 20.8 Å². The largest absolute Gasteiger partial charge is 0.496 e. The van der Waals surface area contributed by atoms with Crippen LogP contribution in [0, 0.1) is 0 Å². The van der Waals surface area contributed by atoms with Crippen LogP contribution in [0.2, 0.25) is 0 Å². The molecule has 3 aromatic carbocycles. The lowest BCUT2D eigenvalue weighted by Gasteiger charge is -2.44. The van der Waals surface area contributed by atoms with Crippen LogP contribution in [0.5, 0.6) is 17.2 Å². The summed E-state index contributed by atoms with van der Waals surface area (Å²) < 4.78 is 16.9. The van der Waals surface area contributed by atoms with Gasteiger partial charge in [0, 0.05) is 24.7 Å². The number of carbonyl (C=O) groups is 1. The second kappa shape index (κ2) is 9.32. The molecule has 2 atom stereocenters. The Hall–Kier alpha value is -3.51. The Morgan fingerprint density at radius 2 is 1.59 bits per heavy atom. The molecule has 0 amide bonds. The monoisotopic (exact) mass is 433 g/mol. The van der Waals surface area contributed by atoms with Crippen LogP contribution < -0.4 is 19.5 Å². The zero-order valence-corrected chi connectivity index (χ0v) is 18.2. The molecule has 0 aromatic heterocycles. The molecule has 1 aliphatic rings. The summed E-state index contributed by atoms with van der Waals surface area (Å²) in [6.45, 7) is 0.651. The topological polar surface area (TPSA) is 77.0 Å². The fourth-order valence-corrected chi connectivity index (χ4v) is 4.44. The van der Waals surface area contributed by atoms with E-state index in [0.29, 0.717) is 30.2 Å². The molecule has 0 radical (unpaired) electrons. The third-order valence-electron chi connectivity index (χ3n) is 5.91. The van der Waals surface area contributed by atoms with Crippen molar-refractivity contribution in [3.63, 3.8) is 0 Å². The minimum Gasteiger partial charge on any atom is -0.496 e. The van der Waals surface area contributed by atoms with Gasteiger partial charge in [0.2, 0.25) is 6.10 Å². The molecule has 6 heteroatoms. The van der Waals surface area contributed by atoms with Gasteiger partial charge in [0.1, 0.15) is 17.2 Å². The van der Waals surface area contributed by atoms with Crippen molar-refractivity contribution >= 4 is 5.97 Å². The van der Waals surface area contributed by atoms with Crippen molar-refractivity contribution in [3.05, 3.63) is 89.5 Å². The summed E-state index contributed by atoms with van der Waals surface area (Å²) in [7, 11) is 3.09. The highest BCUT2D eigenvalue weighted by atomic mass is 16.5. The number of methoxy groups -OCH3 is 2. The van der Waals surface area contributed by atoms with Crippen LogP contribution in [0.15, 0.2) is 72.8 Å². The molecule has 3 aromatic rings. The molecule has 0 saturated heterocycles. The van der Waals surface area contributed by atoms with Crippen molar-refractivity contribution in [1.29, 1.82) is 0 Å². The van der Waals surface area contributed by atoms with Crippen LogP contribution in [-0.4, -0.2) is 37.9 Å². The Bertz CT molecular complexity index is 1060. The van der Waals surface area contributed by atoms with E-state index in [-0.39, 0.29) is 0 Å². The minimum absolute atomic E-state index is 0.367. The molecule has 2 N–H and O–H groups in total. The van der Waals surface area contributed by atoms with Crippen LogP contribution in [0.25, 0.3) is 0 Å². The molecule has 0 saturated carbocycles. The zero-order chi connectivity index (χ0) is 22.6. The summed E-state index contributed by atoms with van der Waals surface area (Å²) in [6, 6.07) is 22.9. The summed E-state index contributed by atoms with van der Waals surface area (Å²) in [5.41, 5.74) is 2.13. The third-order valence-corrected chi connectivity index (χ3v) is 5.91. The van der Waals surface area contributed by atoms with E-state index in [0.717, 1.165) is 23.1 Å². The van der Waals surface area contributed by atoms with Gasteiger partial charge in [0.15, 0.2) is 0 Å². The maximum Gasteiger partial charge on any atom is 0.347 e. The van der Waals surface area contributed by atoms with Crippen molar-refractivity contribution in [1.82, 2.24) is 5.32 Å². The van der Waals surface area contributed by atoms with Gasteiger partial charge in [-0.1, -0.05) is 54.6 Å². The van der Waals surface area contributed by atoms with E-state index in [9.17, 15) is 9.90 Å². The zero-order valence-electron chi connectivity index (χ0n) is 18.2. The van der Waals surface area contributed by atoms with Gasteiger partial charge in [-0.25, -0.2) is 4.79 Å². The average molecular weight is 434 g/mol. The number of aliphatic carboxylic acids is 1. The fraction of sp³-hybridized carbons (Fsp3) is 0.269. The Morgan fingerprint density at radius 1 is 0.969 bits per heavy atom. The molecule has 1 heterocycles. The van der Waals surface area contributed by atoms with E-state index in [4.69, 9.17) is 14.2 Å². The van der Waals surface area contributed by atoms with Gasteiger partial charge in [-0.2, -0.15) is 0 Å². The number of carboxylic acids is 1. The van der Waals surface area contributed by atoms with E-state index in [1.807, 2.05) is 48.5 Å². The molecule has 0 bridgehead atoms. The Labute approximate surface area is 187 Å². The standard InChI is InChI=1S/C26H27NO5/c1-30-20-14-21(31-2)16-22(15-20)32-24(25(28)29)26(17-18-8-4-3-5-9-18)23-11-7-6-10-19(23)12-13-27-26/h3-11,14-16,24,27H,12-13,17H2,1-2H3,(H,28,29)/t24-,26+/m1/s1. The first-order chi connectivity index (χ1) is 15.6. The van der Waals surface area contributed by atoms with E-state index >= 15 is 0 Å². The van der Waals surface area contributed by atoms with Gasteiger partial charge < -0.3 is 24.6 Å². The predicted octanol–water partition coefficient (Wildman–Crippen LogP) is 3.82. The highest BCUT2D eigenvalue weighted by Crippen LogP contribution is 2.38. The smallest absolute Gasteiger partial charge is 0.347 e. The van der Waals surface area contributed by atoms with Gasteiger partial charge in [0.25, 0.3) is 0 Å². The molecule has 0 unspecified atom stereocenters. The molecule has 32 heavy (non-hydrogen) atoms. The van der Waals surface area contributed by atoms with Gasteiger partial charge in [-0.05, 0) is 29.5 Å². The lowest BCUT2D eigenvalue weighted by molar-refractivity contribution is -0.150. The molecule has 1 aliphatic heterocycles. The summed E-state index contributed by atoms with van der Waals surface area (Å²) in [5.74, 6) is 0.369. The van der Waals surface area contributed by atoms with E-state index in [2.05, 4.69) is 11.4 Å². The Balaban J connectivity index is 1.83. The number of carboxylic acid groups (broad SMARTS) is 1. The van der Waals surface area contributed by atoms with Crippen LogP contribution in [0.4, 0.5) is 0 Å². The number of benzene rings is 3. The number of rotatable bonds is 8. The first kappa shape index (κ1) is 21.7. The number of nitrogens with one attached hydrogen (secondary N) is 1. The summed E-state index contributed by atoms with van der Waals surface area (Å²) in [4.78, 5) is 12.7. The van der Waals surface area contributed by atoms with E-state index < -0.39 is 17.6 Å². The predicted molar refractivity (Wildman–Crippen MR) is 122 cm³/mol. The SMILES string of the molecule is COc1cc(OC)cc(O[C@H](C(=O)O)[C@@]2(Cc3ccccc3)NCCc3ccccc32)c1. The molecular weight excluding hydrogens is 406 g/mol. The molecule has 0 aliphatic carbocycles. The number of fused-ring (bicyclic) bond motifs is 1. The lowest BCUT2D eigenvalue weighted by atomic mass is 9.74. The Morgan fingerprint density at radius 3 is 2.25 bits per heavy atom. The molecule has 6 nitrogen and oxygen atoms in total. The summed E-state index contributed by atoms with van der Waals surface area (Å²) in [5, 5.41) is 13.9. The molecular formula is C26H27NO5. The lowest BCUT2D eigenvalue weighted by Crippen LogP contribution is -2.61. The summed E-state index contributed by atoms with van der Waals surface area (Å²) in [6.07, 6.45) is 0.0931. The molecule has 4 rings (SSSR count). The van der Waals surface area contributed by atoms with Gasteiger partial charge in [-0.3, -0.25) is 0 Å². The molecule has 0 spiro atoms.